The summed E-state index contributed by atoms with van der Waals surface area (Å²) in [6.07, 6.45) is 2.85. The Morgan fingerprint density at radius 2 is 2.32 bits per heavy atom. The topological polar surface area (TPSA) is 123 Å². The van der Waals surface area contributed by atoms with Gasteiger partial charge in [0, 0.05) is 19.4 Å². The van der Waals surface area contributed by atoms with E-state index in [1.807, 2.05) is 0 Å². The first kappa shape index (κ1) is 13.3. The van der Waals surface area contributed by atoms with Crippen molar-refractivity contribution in [1.82, 2.24) is 19.5 Å². The minimum Gasteiger partial charge on any atom is -0.364 e. The number of rotatable bonds is 5. The maximum absolute atomic E-state index is 12.0. The third-order valence-electron chi connectivity index (χ3n) is 2.55. The van der Waals surface area contributed by atoms with Crippen LogP contribution in [0.2, 0.25) is 0 Å². The Morgan fingerprint density at radius 1 is 1.58 bits per heavy atom. The molecule has 4 N–H and O–H groups in total. The van der Waals surface area contributed by atoms with Crippen LogP contribution in [0.1, 0.15) is 16.2 Å². The van der Waals surface area contributed by atoms with Crippen LogP contribution in [0.3, 0.4) is 0 Å². The molecule has 102 valence electrons. The van der Waals surface area contributed by atoms with Crippen molar-refractivity contribution in [2.75, 3.05) is 0 Å². The maximum atomic E-state index is 12.0. The van der Waals surface area contributed by atoms with E-state index in [-0.39, 0.29) is 17.1 Å². The highest BCUT2D eigenvalue weighted by Gasteiger charge is 2.19. The Bertz CT molecular complexity index is 687. The number of primary amides is 1. The van der Waals surface area contributed by atoms with Crippen LogP contribution in [-0.4, -0.2) is 29.1 Å². The fourth-order valence-electron chi connectivity index (χ4n) is 1.57. The summed E-state index contributed by atoms with van der Waals surface area (Å²) in [5, 5.41) is 6.35. The summed E-state index contributed by atoms with van der Waals surface area (Å²) in [4.78, 5) is 11.1. The largest absolute Gasteiger partial charge is 0.364 e. The molecule has 0 fully saturated rings. The zero-order valence-electron chi connectivity index (χ0n) is 10.1. The quantitative estimate of drug-likeness (QED) is 0.673. The van der Waals surface area contributed by atoms with Gasteiger partial charge in [-0.3, -0.25) is 9.89 Å². The smallest absolute Gasteiger partial charge is 0.265 e. The molecule has 0 atom stereocenters. The van der Waals surface area contributed by atoms with Gasteiger partial charge >= 0.3 is 0 Å². The maximum Gasteiger partial charge on any atom is 0.265 e. The van der Waals surface area contributed by atoms with Crippen molar-refractivity contribution in [2.45, 2.75) is 11.4 Å². The van der Waals surface area contributed by atoms with E-state index in [1.54, 1.807) is 13.1 Å². The van der Waals surface area contributed by atoms with Gasteiger partial charge in [-0.1, -0.05) is 0 Å². The van der Waals surface area contributed by atoms with Crippen molar-refractivity contribution in [3.8, 4) is 0 Å². The standard InChI is InChI=1S/C10H13N5O3S/c1-15-6-8(4-9(15)10(11)16)19(17,18)13-5-7-2-3-12-14-7/h2-4,6,13H,5H2,1H3,(H2,11,16)(H,12,14). The summed E-state index contributed by atoms with van der Waals surface area (Å²) >= 11 is 0. The highest BCUT2D eigenvalue weighted by Crippen LogP contribution is 2.13. The molecule has 0 saturated carbocycles. The van der Waals surface area contributed by atoms with Gasteiger partial charge in [0.25, 0.3) is 5.91 Å². The van der Waals surface area contributed by atoms with Crippen molar-refractivity contribution in [3.05, 3.63) is 35.9 Å². The molecule has 0 spiro atoms. The molecular formula is C10H13N5O3S. The van der Waals surface area contributed by atoms with Gasteiger partial charge in [0.2, 0.25) is 10.0 Å². The average molecular weight is 283 g/mol. The first-order valence-electron chi connectivity index (χ1n) is 5.34. The number of hydrogen-bond acceptors (Lipinski definition) is 4. The molecule has 19 heavy (non-hydrogen) atoms. The van der Waals surface area contributed by atoms with E-state index in [4.69, 9.17) is 5.73 Å². The lowest BCUT2D eigenvalue weighted by Crippen LogP contribution is -2.23. The second-order valence-electron chi connectivity index (χ2n) is 3.94. The lowest BCUT2D eigenvalue weighted by atomic mass is 10.4. The zero-order chi connectivity index (χ0) is 14.0. The number of hydrogen-bond donors (Lipinski definition) is 3. The third kappa shape index (κ3) is 2.83. The lowest BCUT2D eigenvalue weighted by molar-refractivity contribution is 0.0992. The van der Waals surface area contributed by atoms with E-state index in [0.717, 1.165) is 0 Å². The van der Waals surface area contributed by atoms with E-state index >= 15 is 0 Å². The molecule has 0 aromatic carbocycles. The van der Waals surface area contributed by atoms with E-state index in [0.29, 0.717) is 5.69 Å². The third-order valence-corrected chi connectivity index (χ3v) is 3.92. The van der Waals surface area contributed by atoms with Gasteiger partial charge in [-0.25, -0.2) is 13.1 Å². The number of nitrogens with two attached hydrogens (primary N) is 1. The molecule has 0 aliphatic carbocycles. The van der Waals surface area contributed by atoms with Crippen LogP contribution in [-0.2, 0) is 23.6 Å². The molecule has 0 unspecified atom stereocenters. The Labute approximate surface area is 109 Å². The Kier molecular flexibility index (Phi) is 3.40. The number of carbonyl (C=O) groups excluding carboxylic acids is 1. The summed E-state index contributed by atoms with van der Waals surface area (Å²) in [5.74, 6) is -0.683. The minimum atomic E-state index is -3.70. The van der Waals surface area contributed by atoms with Crippen molar-refractivity contribution in [1.29, 1.82) is 0 Å². The number of amides is 1. The molecule has 2 aromatic heterocycles. The predicted octanol–water partition coefficient (Wildman–Crippen LogP) is -0.674. The molecule has 2 aromatic rings. The number of sulfonamides is 1. The highest BCUT2D eigenvalue weighted by atomic mass is 32.2. The molecule has 0 aliphatic rings. The van der Waals surface area contributed by atoms with Crippen LogP contribution in [0.15, 0.2) is 29.4 Å². The van der Waals surface area contributed by atoms with E-state index < -0.39 is 15.9 Å². The van der Waals surface area contributed by atoms with Gasteiger partial charge in [-0.05, 0) is 12.1 Å². The van der Waals surface area contributed by atoms with Gasteiger partial charge in [0.1, 0.15) is 10.6 Å². The fraction of sp³-hybridized carbons (Fsp3) is 0.200. The van der Waals surface area contributed by atoms with Gasteiger partial charge in [-0.2, -0.15) is 5.10 Å². The molecule has 9 heteroatoms. The summed E-state index contributed by atoms with van der Waals surface area (Å²) < 4.78 is 27.8. The molecule has 2 rings (SSSR count). The highest BCUT2D eigenvalue weighted by molar-refractivity contribution is 7.89. The number of aryl methyl sites for hydroxylation is 1. The van der Waals surface area contributed by atoms with Crippen LogP contribution in [0, 0.1) is 0 Å². The molecule has 0 radical (unpaired) electrons. The first-order chi connectivity index (χ1) is 8.90. The predicted molar refractivity (Wildman–Crippen MR) is 66.5 cm³/mol. The number of aromatic amines is 1. The summed E-state index contributed by atoms with van der Waals surface area (Å²) in [5.41, 5.74) is 5.89. The first-order valence-corrected chi connectivity index (χ1v) is 6.82. The number of nitrogens with zero attached hydrogens (tertiary/aromatic N) is 2. The van der Waals surface area contributed by atoms with Crippen LogP contribution < -0.4 is 10.5 Å². The number of nitrogens with one attached hydrogen (secondary N) is 2. The van der Waals surface area contributed by atoms with Crippen molar-refractivity contribution < 1.29 is 13.2 Å². The Balaban J connectivity index is 2.20. The summed E-state index contributed by atoms with van der Waals surface area (Å²) in [7, 11) is -2.15. The van der Waals surface area contributed by atoms with E-state index in [9.17, 15) is 13.2 Å². The lowest BCUT2D eigenvalue weighted by Gasteiger charge is -2.02. The van der Waals surface area contributed by atoms with Crippen molar-refractivity contribution >= 4 is 15.9 Å². The van der Waals surface area contributed by atoms with Gasteiger partial charge in [0.15, 0.2) is 0 Å². The minimum absolute atomic E-state index is 0.0108. The van der Waals surface area contributed by atoms with Gasteiger partial charge in [0.05, 0.1) is 12.2 Å². The van der Waals surface area contributed by atoms with Crippen molar-refractivity contribution in [2.24, 2.45) is 12.8 Å². The second-order valence-corrected chi connectivity index (χ2v) is 5.71. The molecule has 0 aliphatic heterocycles. The second kappa shape index (κ2) is 4.86. The molecule has 0 saturated heterocycles. The fourth-order valence-corrected chi connectivity index (χ4v) is 2.64. The van der Waals surface area contributed by atoms with Crippen LogP contribution in [0.4, 0.5) is 0 Å². The zero-order valence-corrected chi connectivity index (χ0v) is 10.9. The normalized spacial score (nSPS) is 11.6. The van der Waals surface area contributed by atoms with Gasteiger partial charge < -0.3 is 10.3 Å². The Hall–Kier alpha value is -2.13. The molecule has 0 bridgehead atoms. The van der Waals surface area contributed by atoms with Crippen molar-refractivity contribution in [3.63, 3.8) is 0 Å². The van der Waals surface area contributed by atoms with Crippen LogP contribution in [0.5, 0.6) is 0 Å². The Morgan fingerprint density at radius 3 is 2.84 bits per heavy atom. The van der Waals surface area contributed by atoms with E-state index in [1.165, 1.54) is 23.0 Å². The number of carbonyl (C=O) groups is 1. The monoisotopic (exact) mass is 283 g/mol. The number of H-pyrrole nitrogens is 1. The van der Waals surface area contributed by atoms with Gasteiger partial charge in [-0.15, -0.1) is 0 Å². The SMILES string of the molecule is Cn1cc(S(=O)(=O)NCc2ccn[nH]2)cc1C(N)=O. The molecule has 2 heterocycles. The molecule has 1 amide bonds. The van der Waals surface area contributed by atoms with Crippen LogP contribution >= 0.6 is 0 Å². The number of aromatic nitrogens is 3. The molecule has 8 nitrogen and oxygen atoms in total. The van der Waals surface area contributed by atoms with E-state index in [2.05, 4.69) is 14.9 Å². The van der Waals surface area contributed by atoms with Crippen LogP contribution in [0.25, 0.3) is 0 Å². The molecular weight excluding hydrogens is 270 g/mol. The summed E-state index contributed by atoms with van der Waals surface area (Å²) in [6.45, 7) is 0.0864. The average Bonchev–Trinajstić information content (AvgIpc) is 2.95. The summed E-state index contributed by atoms with van der Waals surface area (Å²) in [6, 6.07) is 2.89.